The Kier molecular flexibility index (Phi) is 6.55. The van der Waals surface area contributed by atoms with Crippen molar-refractivity contribution in [2.24, 2.45) is 11.3 Å². The first-order chi connectivity index (χ1) is 16.5. The van der Waals surface area contributed by atoms with Gasteiger partial charge in [0.05, 0.1) is 5.41 Å². The highest BCUT2D eigenvalue weighted by molar-refractivity contribution is 5.85. The minimum absolute atomic E-state index is 0.0988. The van der Waals surface area contributed by atoms with Gasteiger partial charge >= 0.3 is 0 Å². The molecule has 3 fully saturated rings. The van der Waals surface area contributed by atoms with E-state index in [-0.39, 0.29) is 23.1 Å². The molecule has 2 amide bonds. The minimum atomic E-state index is -0.263. The molecular weight excluding hydrogens is 426 g/mol. The number of piperidine rings is 2. The van der Waals surface area contributed by atoms with Crippen molar-refractivity contribution in [1.82, 2.24) is 19.7 Å². The zero-order chi connectivity index (χ0) is 23.5. The smallest absolute Gasteiger partial charge is 0.229 e. The van der Waals surface area contributed by atoms with E-state index in [1.165, 1.54) is 11.1 Å². The lowest BCUT2D eigenvalue weighted by Crippen LogP contribution is -2.49. The number of aromatic nitrogens is 1. The van der Waals surface area contributed by atoms with Crippen molar-refractivity contribution >= 4 is 17.6 Å². The van der Waals surface area contributed by atoms with E-state index < -0.39 is 0 Å². The lowest BCUT2D eigenvalue weighted by Gasteiger charge is -2.40. The molecule has 2 N–H and O–H groups in total. The largest absolute Gasteiger partial charge is 0.384 e. The van der Waals surface area contributed by atoms with Crippen LogP contribution in [0.5, 0.6) is 0 Å². The van der Waals surface area contributed by atoms with Gasteiger partial charge in [-0.2, -0.15) is 0 Å². The number of hydrogen-bond acceptors (Lipinski definition) is 5. The molecule has 180 valence electrons. The fourth-order valence-corrected chi connectivity index (χ4v) is 5.91. The van der Waals surface area contributed by atoms with Gasteiger partial charge in [-0.1, -0.05) is 30.3 Å². The lowest BCUT2D eigenvalue weighted by atomic mass is 9.76. The third-order valence-corrected chi connectivity index (χ3v) is 8.04. The van der Waals surface area contributed by atoms with Crippen molar-refractivity contribution in [3.05, 3.63) is 59.8 Å². The van der Waals surface area contributed by atoms with Crippen molar-refractivity contribution in [3.8, 4) is 0 Å². The van der Waals surface area contributed by atoms with E-state index in [0.29, 0.717) is 25.5 Å². The first-order valence-corrected chi connectivity index (χ1v) is 12.6. The molecule has 0 aliphatic carbocycles. The number of nitrogens with zero attached hydrogens (tertiary/aromatic N) is 4. The molecule has 3 aliphatic rings. The van der Waals surface area contributed by atoms with Gasteiger partial charge in [0.15, 0.2) is 0 Å². The summed E-state index contributed by atoms with van der Waals surface area (Å²) < 4.78 is 0. The fourth-order valence-electron chi connectivity index (χ4n) is 5.91. The number of likely N-dealkylation sites (tertiary alicyclic amines) is 3. The highest BCUT2D eigenvalue weighted by Crippen LogP contribution is 2.42. The summed E-state index contributed by atoms with van der Waals surface area (Å²) in [7, 11) is 0. The molecule has 0 radical (unpaired) electrons. The second kappa shape index (κ2) is 9.74. The number of rotatable bonds is 5. The maximum Gasteiger partial charge on any atom is 0.229 e. The zero-order valence-electron chi connectivity index (χ0n) is 19.9. The molecule has 0 saturated carbocycles. The number of amides is 2. The van der Waals surface area contributed by atoms with Crippen LogP contribution in [0.15, 0.2) is 48.7 Å². The molecule has 7 heteroatoms. The Hall–Kier alpha value is -2.93. The number of hydrogen-bond donors (Lipinski definition) is 1. The quantitative estimate of drug-likeness (QED) is 0.740. The van der Waals surface area contributed by atoms with Crippen molar-refractivity contribution in [1.29, 1.82) is 0 Å². The molecule has 7 nitrogen and oxygen atoms in total. The van der Waals surface area contributed by atoms with E-state index in [9.17, 15) is 9.59 Å². The van der Waals surface area contributed by atoms with Crippen LogP contribution in [0.25, 0.3) is 0 Å². The molecule has 5 rings (SSSR count). The fraction of sp³-hybridized carbons (Fsp3) is 0.519. The molecule has 34 heavy (non-hydrogen) atoms. The molecule has 1 spiro atoms. The Bertz CT molecular complexity index is 1010. The SMILES string of the molecule is Nc1cc(CN2CCC(C(=O)N3CCC4(CC3)CCN(Cc3ccccc3)C4=O)CC2)ccn1. The normalized spacial score (nSPS) is 21.4. The number of carbonyl (C=O) groups excluding carboxylic acids is 2. The van der Waals surface area contributed by atoms with Crippen molar-refractivity contribution in [2.75, 3.05) is 38.5 Å². The van der Waals surface area contributed by atoms with Gasteiger partial charge in [0, 0.05) is 44.8 Å². The van der Waals surface area contributed by atoms with Gasteiger partial charge in [0.25, 0.3) is 0 Å². The van der Waals surface area contributed by atoms with Crippen LogP contribution < -0.4 is 5.73 Å². The van der Waals surface area contributed by atoms with Crippen LogP contribution >= 0.6 is 0 Å². The van der Waals surface area contributed by atoms with E-state index in [2.05, 4.69) is 22.0 Å². The second-order valence-electron chi connectivity index (χ2n) is 10.2. The van der Waals surface area contributed by atoms with E-state index in [1.807, 2.05) is 40.1 Å². The predicted octanol–water partition coefficient (Wildman–Crippen LogP) is 2.92. The lowest BCUT2D eigenvalue weighted by molar-refractivity contribution is -0.145. The summed E-state index contributed by atoms with van der Waals surface area (Å²) in [6.07, 6.45) is 6.05. The summed E-state index contributed by atoms with van der Waals surface area (Å²) in [5, 5.41) is 0. The Morgan fingerprint density at radius 2 is 1.65 bits per heavy atom. The van der Waals surface area contributed by atoms with Gasteiger partial charge < -0.3 is 15.5 Å². The van der Waals surface area contributed by atoms with Crippen LogP contribution in [-0.2, 0) is 22.7 Å². The first-order valence-electron chi connectivity index (χ1n) is 12.6. The third kappa shape index (κ3) is 4.80. The number of nitrogens with two attached hydrogens (primary N) is 1. The summed E-state index contributed by atoms with van der Waals surface area (Å²) in [4.78, 5) is 37.0. The number of carbonyl (C=O) groups is 2. The molecule has 0 bridgehead atoms. The Labute approximate surface area is 201 Å². The van der Waals surface area contributed by atoms with Gasteiger partial charge in [-0.25, -0.2) is 4.98 Å². The van der Waals surface area contributed by atoms with Crippen LogP contribution in [0.4, 0.5) is 5.82 Å². The van der Waals surface area contributed by atoms with E-state index in [4.69, 9.17) is 5.73 Å². The third-order valence-electron chi connectivity index (χ3n) is 8.04. The Morgan fingerprint density at radius 1 is 0.941 bits per heavy atom. The van der Waals surface area contributed by atoms with Crippen LogP contribution in [0.3, 0.4) is 0 Å². The zero-order valence-corrected chi connectivity index (χ0v) is 19.9. The van der Waals surface area contributed by atoms with E-state index >= 15 is 0 Å². The minimum Gasteiger partial charge on any atom is -0.384 e. The van der Waals surface area contributed by atoms with Crippen molar-refractivity contribution in [2.45, 2.75) is 45.2 Å². The number of nitrogen functional groups attached to an aromatic ring is 1. The summed E-state index contributed by atoms with van der Waals surface area (Å²) in [6.45, 7) is 5.62. The number of anilines is 1. The topological polar surface area (TPSA) is 82.8 Å². The molecule has 1 aromatic heterocycles. The van der Waals surface area contributed by atoms with Crippen molar-refractivity contribution < 1.29 is 9.59 Å². The van der Waals surface area contributed by atoms with E-state index in [1.54, 1.807) is 6.20 Å². The highest BCUT2D eigenvalue weighted by Gasteiger charge is 2.48. The molecule has 2 aromatic rings. The number of pyridine rings is 1. The summed E-state index contributed by atoms with van der Waals surface area (Å²) >= 11 is 0. The summed E-state index contributed by atoms with van der Waals surface area (Å²) in [5.41, 5.74) is 7.88. The molecule has 0 unspecified atom stereocenters. The average molecular weight is 462 g/mol. The molecular formula is C27H35N5O2. The standard InChI is InChI=1S/C27H35N5O2/c28-24-18-22(6-12-29-24)19-30-13-7-23(8-14-30)25(33)31-15-9-27(10-16-31)11-17-32(26(27)34)20-21-4-2-1-3-5-21/h1-6,12,18,23H,7-11,13-17,19-20H2,(H2,28,29). The second-order valence-corrected chi connectivity index (χ2v) is 10.2. The molecule has 3 saturated heterocycles. The first kappa shape index (κ1) is 22.8. The molecule has 0 atom stereocenters. The summed E-state index contributed by atoms with van der Waals surface area (Å²) in [6, 6.07) is 14.1. The van der Waals surface area contributed by atoms with Crippen LogP contribution in [-0.4, -0.2) is 64.2 Å². The number of benzene rings is 1. The Balaban J connectivity index is 1.10. The van der Waals surface area contributed by atoms with Crippen LogP contribution in [0, 0.1) is 11.3 Å². The molecule has 3 aliphatic heterocycles. The van der Waals surface area contributed by atoms with Gasteiger partial charge in [-0.15, -0.1) is 0 Å². The maximum absolute atomic E-state index is 13.3. The maximum atomic E-state index is 13.3. The molecule has 4 heterocycles. The Morgan fingerprint density at radius 3 is 2.35 bits per heavy atom. The van der Waals surface area contributed by atoms with E-state index in [0.717, 1.165) is 58.3 Å². The molecule has 1 aromatic carbocycles. The monoisotopic (exact) mass is 461 g/mol. The highest BCUT2D eigenvalue weighted by atomic mass is 16.2. The van der Waals surface area contributed by atoms with Crippen LogP contribution in [0.1, 0.15) is 43.2 Å². The van der Waals surface area contributed by atoms with Crippen LogP contribution in [0.2, 0.25) is 0 Å². The van der Waals surface area contributed by atoms with Crippen molar-refractivity contribution in [3.63, 3.8) is 0 Å². The van der Waals surface area contributed by atoms with Gasteiger partial charge in [-0.3, -0.25) is 14.5 Å². The summed E-state index contributed by atoms with van der Waals surface area (Å²) in [5.74, 6) is 1.22. The van der Waals surface area contributed by atoms with Gasteiger partial charge in [0.2, 0.25) is 11.8 Å². The van der Waals surface area contributed by atoms with Gasteiger partial charge in [0.1, 0.15) is 5.82 Å². The predicted molar refractivity (Wildman–Crippen MR) is 131 cm³/mol. The average Bonchev–Trinajstić information content (AvgIpc) is 3.15. The van der Waals surface area contributed by atoms with Gasteiger partial charge in [-0.05, 0) is 68.5 Å².